The summed E-state index contributed by atoms with van der Waals surface area (Å²) in [5.41, 5.74) is 2.79. The molecule has 0 saturated heterocycles. The Morgan fingerprint density at radius 2 is 2.13 bits per heavy atom. The number of aromatic nitrogens is 4. The molecule has 1 aliphatic heterocycles. The summed E-state index contributed by atoms with van der Waals surface area (Å²) in [7, 11) is 1.75. The van der Waals surface area contributed by atoms with Crippen LogP contribution in [0.25, 0.3) is 17.3 Å². The first-order valence-corrected chi connectivity index (χ1v) is 7.52. The molecule has 4 rings (SSSR count). The number of benzene rings is 1. The number of hydrogen-bond acceptors (Lipinski definition) is 5. The van der Waals surface area contributed by atoms with E-state index in [1.807, 2.05) is 22.8 Å². The minimum Gasteiger partial charge on any atom is -0.418 e. The number of hydrogen-bond donors (Lipinski definition) is 0. The van der Waals surface area contributed by atoms with E-state index >= 15 is 0 Å². The van der Waals surface area contributed by atoms with Crippen molar-refractivity contribution < 1.29 is 9.21 Å². The van der Waals surface area contributed by atoms with E-state index in [2.05, 4.69) is 15.2 Å². The number of carbonyl (C=O) groups excluding carboxylic acids is 1. The molecule has 116 valence electrons. The van der Waals surface area contributed by atoms with Crippen molar-refractivity contribution in [3.8, 4) is 17.3 Å². The normalized spacial score (nSPS) is 13.7. The molecule has 1 aromatic carbocycles. The lowest BCUT2D eigenvalue weighted by molar-refractivity contribution is 0.0788. The molecule has 3 heterocycles. The predicted molar refractivity (Wildman–Crippen MR) is 82.2 cm³/mol. The van der Waals surface area contributed by atoms with E-state index in [1.165, 1.54) is 0 Å². The summed E-state index contributed by atoms with van der Waals surface area (Å²) in [6, 6.07) is 7.43. The molecule has 0 spiro atoms. The maximum Gasteiger partial charge on any atom is 0.268 e. The van der Waals surface area contributed by atoms with Crippen molar-refractivity contribution in [3.63, 3.8) is 0 Å². The Morgan fingerprint density at radius 1 is 1.30 bits per heavy atom. The van der Waals surface area contributed by atoms with Crippen LogP contribution in [0, 0.1) is 0 Å². The molecule has 0 radical (unpaired) electrons. The van der Waals surface area contributed by atoms with Gasteiger partial charge in [-0.05, 0) is 12.1 Å². The van der Waals surface area contributed by atoms with E-state index in [0.29, 0.717) is 29.6 Å². The van der Waals surface area contributed by atoms with Crippen LogP contribution in [-0.2, 0) is 12.4 Å². The molecular formula is C15H12ClN5O2. The van der Waals surface area contributed by atoms with Crippen LogP contribution in [-0.4, -0.2) is 37.6 Å². The zero-order valence-corrected chi connectivity index (χ0v) is 13.0. The highest BCUT2D eigenvalue weighted by Crippen LogP contribution is 2.29. The molecule has 23 heavy (non-hydrogen) atoms. The van der Waals surface area contributed by atoms with Crippen LogP contribution in [0.15, 0.2) is 35.0 Å². The van der Waals surface area contributed by atoms with Gasteiger partial charge in [-0.2, -0.15) is 0 Å². The Kier molecular flexibility index (Phi) is 3.16. The van der Waals surface area contributed by atoms with E-state index in [1.54, 1.807) is 24.3 Å². The van der Waals surface area contributed by atoms with E-state index in [4.69, 9.17) is 16.0 Å². The zero-order chi connectivity index (χ0) is 16.0. The van der Waals surface area contributed by atoms with Crippen molar-refractivity contribution in [1.29, 1.82) is 0 Å². The van der Waals surface area contributed by atoms with Crippen molar-refractivity contribution in [2.24, 2.45) is 0 Å². The van der Waals surface area contributed by atoms with Gasteiger partial charge in [0.25, 0.3) is 11.8 Å². The zero-order valence-electron chi connectivity index (χ0n) is 12.2. The van der Waals surface area contributed by atoms with Gasteiger partial charge < -0.3 is 9.32 Å². The summed E-state index contributed by atoms with van der Waals surface area (Å²) >= 11 is 5.71. The van der Waals surface area contributed by atoms with E-state index in [-0.39, 0.29) is 11.8 Å². The van der Waals surface area contributed by atoms with Gasteiger partial charge in [0.1, 0.15) is 12.2 Å². The molecule has 7 nitrogen and oxygen atoms in total. The number of halogens is 1. The van der Waals surface area contributed by atoms with E-state index in [0.717, 1.165) is 11.4 Å². The molecule has 8 heteroatoms. The average molecular weight is 330 g/mol. The highest BCUT2D eigenvalue weighted by molar-refractivity contribution is 6.16. The van der Waals surface area contributed by atoms with Crippen molar-refractivity contribution in [3.05, 3.63) is 47.7 Å². The van der Waals surface area contributed by atoms with Gasteiger partial charge in [0, 0.05) is 7.05 Å². The van der Waals surface area contributed by atoms with Crippen molar-refractivity contribution >= 4 is 17.5 Å². The fraction of sp³-hybridized carbons (Fsp3) is 0.200. The van der Waals surface area contributed by atoms with Crippen molar-refractivity contribution in [2.75, 3.05) is 7.05 Å². The molecule has 2 aromatic heterocycles. The second-order valence-electron chi connectivity index (χ2n) is 5.22. The van der Waals surface area contributed by atoms with Crippen molar-refractivity contribution in [2.45, 2.75) is 12.4 Å². The number of fused-ring (bicyclic) bond motifs is 3. The molecule has 1 aliphatic rings. The highest BCUT2D eigenvalue weighted by Gasteiger charge is 2.27. The smallest absolute Gasteiger partial charge is 0.268 e. The maximum absolute atomic E-state index is 12.5. The summed E-state index contributed by atoms with van der Waals surface area (Å²) in [5, 5.41) is 7.85. The van der Waals surface area contributed by atoms with Gasteiger partial charge in [0.05, 0.1) is 23.5 Å². The Morgan fingerprint density at radius 3 is 2.91 bits per heavy atom. The number of nitrogens with zero attached hydrogens (tertiary/aromatic N) is 5. The average Bonchev–Trinajstić information content (AvgIpc) is 3.18. The fourth-order valence-corrected chi connectivity index (χ4v) is 2.79. The van der Waals surface area contributed by atoms with Crippen LogP contribution >= 0.6 is 11.6 Å². The van der Waals surface area contributed by atoms with Gasteiger partial charge in [0.2, 0.25) is 5.89 Å². The first-order chi connectivity index (χ1) is 11.2. The second-order valence-corrected chi connectivity index (χ2v) is 5.49. The topological polar surface area (TPSA) is 77.1 Å². The first kappa shape index (κ1) is 14.0. The molecule has 0 fully saturated rings. The first-order valence-electron chi connectivity index (χ1n) is 6.99. The lowest BCUT2D eigenvalue weighted by Gasteiger charge is -2.14. The van der Waals surface area contributed by atoms with Gasteiger partial charge in [0.15, 0.2) is 5.69 Å². The van der Waals surface area contributed by atoms with Gasteiger partial charge in [-0.1, -0.05) is 12.1 Å². The van der Waals surface area contributed by atoms with Crippen LogP contribution in [0.4, 0.5) is 0 Å². The molecule has 1 amide bonds. The molecule has 0 atom stereocenters. The molecule has 0 N–H and O–H groups in total. The monoisotopic (exact) mass is 329 g/mol. The Labute approximate surface area is 136 Å². The van der Waals surface area contributed by atoms with E-state index in [9.17, 15) is 4.79 Å². The van der Waals surface area contributed by atoms with Crippen LogP contribution in [0.2, 0.25) is 0 Å². The number of para-hydroxylation sites is 1. The third-order valence-corrected chi connectivity index (χ3v) is 4.01. The molecule has 0 saturated carbocycles. The fourth-order valence-electron chi connectivity index (χ4n) is 2.68. The second kappa shape index (κ2) is 5.20. The van der Waals surface area contributed by atoms with Crippen LogP contribution in [0.1, 0.15) is 21.9 Å². The third kappa shape index (κ3) is 2.12. The maximum atomic E-state index is 12.5. The van der Waals surface area contributed by atoms with Crippen LogP contribution in [0.3, 0.4) is 0 Å². The van der Waals surface area contributed by atoms with Gasteiger partial charge in [-0.3, -0.25) is 9.36 Å². The largest absolute Gasteiger partial charge is 0.418 e. The Balaban J connectivity index is 1.92. The summed E-state index contributed by atoms with van der Waals surface area (Å²) in [6.07, 6.45) is 1.67. The number of imidazole rings is 1. The molecule has 0 unspecified atom stereocenters. The quantitative estimate of drug-likeness (QED) is 0.674. The Bertz CT molecular complexity index is 901. The molecule has 0 bridgehead atoms. The SMILES string of the molecule is CN1Cc2c(-c3nnc(CCl)o3)ncn2-c2ccccc2C1=O. The van der Waals surface area contributed by atoms with Gasteiger partial charge >= 0.3 is 0 Å². The Hall–Kier alpha value is -2.67. The summed E-state index contributed by atoms with van der Waals surface area (Å²) in [4.78, 5) is 18.6. The summed E-state index contributed by atoms with van der Waals surface area (Å²) in [6.45, 7) is 0.390. The van der Waals surface area contributed by atoms with Crippen molar-refractivity contribution in [1.82, 2.24) is 24.6 Å². The number of rotatable bonds is 2. The molecule has 0 aliphatic carbocycles. The standard InChI is InChI=1S/C15H12ClN5O2/c1-20-7-11-13(14-19-18-12(6-16)23-14)17-8-21(11)10-5-3-2-4-9(10)15(20)22/h2-5,8H,6-7H2,1H3. The van der Waals surface area contributed by atoms with Gasteiger partial charge in [-0.15, -0.1) is 21.8 Å². The summed E-state index contributed by atoms with van der Waals surface area (Å²) in [5.74, 6) is 0.739. The lowest BCUT2D eigenvalue weighted by Crippen LogP contribution is -2.25. The minimum atomic E-state index is -0.0396. The van der Waals surface area contributed by atoms with E-state index < -0.39 is 0 Å². The highest BCUT2D eigenvalue weighted by atomic mass is 35.5. The number of alkyl halides is 1. The minimum absolute atomic E-state index is 0.0396. The number of amides is 1. The predicted octanol–water partition coefficient (Wildman–Crippen LogP) is 2.25. The number of carbonyl (C=O) groups is 1. The summed E-state index contributed by atoms with van der Waals surface area (Å²) < 4.78 is 7.39. The van der Waals surface area contributed by atoms with Crippen LogP contribution < -0.4 is 0 Å². The third-order valence-electron chi connectivity index (χ3n) is 3.78. The lowest BCUT2D eigenvalue weighted by atomic mass is 10.1. The molecule has 3 aromatic rings. The van der Waals surface area contributed by atoms with Gasteiger partial charge in [-0.25, -0.2) is 4.98 Å². The molecular weight excluding hydrogens is 318 g/mol. The van der Waals surface area contributed by atoms with Crippen LogP contribution in [0.5, 0.6) is 0 Å².